The number of hydrogen-bond donors (Lipinski definition) is 1. The Bertz CT molecular complexity index is 650. The maximum Gasteiger partial charge on any atom is 0.124 e. The van der Waals surface area contributed by atoms with Gasteiger partial charge in [0.25, 0.3) is 0 Å². The lowest BCUT2D eigenvalue weighted by atomic mass is 9.84. The van der Waals surface area contributed by atoms with Gasteiger partial charge in [0.2, 0.25) is 0 Å². The highest BCUT2D eigenvalue weighted by atomic mass is 79.9. The standard InChI is InChI=1S/C18H20BrNO/c1-12-10-16(21-2)14(11-15(12)19)17(20)18(8-9-18)13-6-4-3-5-7-13/h3-7,10-11,17H,8-9,20H2,1-2H3. The van der Waals surface area contributed by atoms with Gasteiger partial charge in [-0.2, -0.15) is 0 Å². The first-order chi connectivity index (χ1) is 10.1. The van der Waals surface area contributed by atoms with Crippen LogP contribution >= 0.6 is 15.9 Å². The summed E-state index contributed by atoms with van der Waals surface area (Å²) in [6, 6.07) is 14.7. The highest BCUT2D eigenvalue weighted by molar-refractivity contribution is 9.10. The minimum atomic E-state index is -0.0493. The molecule has 1 aliphatic rings. The minimum absolute atomic E-state index is 0.0493. The van der Waals surface area contributed by atoms with Gasteiger partial charge in [0, 0.05) is 21.5 Å². The third-order valence-corrected chi connectivity index (χ3v) is 5.43. The van der Waals surface area contributed by atoms with Crippen LogP contribution in [0.15, 0.2) is 46.9 Å². The van der Waals surface area contributed by atoms with E-state index in [0.29, 0.717) is 0 Å². The molecule has 0 heterocycles. The van der Waals surface area contributed by atoms with Crippen molar-refractivity contribution in [1.82, 2.24) is 0 Å². The fraction of sp³-hybridized carbons (Fsp3) is 0.333. The molecule has 1 atom stereocenters. The molecule has 2 aromatic carbocycles. The first-order valence-electron chi connectivity index (χ1n) is 7.23. The lowest BCUT2D eigenvalue weighted by Gasteiger charge is -2.26. The van der Waals surface area contributed by atoms with Crippen LogP contribution in [-0.4, -0.2) is 7.11 Å². The summed E-state index contributed by atoms with van der Waals surface area (Å²) in [6.45, 7) is 2.06. The SMILES string of the molecule is COc1cc(C)c(Br)cc1C(N)C1(c2ccccc2)CC1. The molecule has 2 aromatic rings. The van der Waals surface area contributed by atoms with Gasteiger partial charge in [0.05, 0.1) is 7.11 Å². The number of rotatable bonds is 4. The molecule has 1 fully saturated rings. The second kappa shape index (κ2) is 5.47. The van der Waals surface area contributed by atoms with Crippen molar-refractivity contribution < 1.29 is 4.74 Å². The van der Waals surface area contributed by atoms with E-state index < -0.39 is 0 Å². The Kier molecular flexibility index (Phi) is 3.80. The highest BCUT2D eigenvalue weighted by Gasteiger charge is 2.50. The Balaban J connectivity index is 2.03. The molecule has 0 saturated heterocycles. The lowest BCUT2D eigenvalue weighted by molar-refractivity contribution is 0.398. The maximum atomic E-state index is 6.66. The fourth-order valence-corrected chi connectivity index (χ4v) is 3.43. The average Bonchev–Trinajstić information content (AvgIpc) is 3.31. The number of ether oxygens (including phenoxy) is 1. The predicted octanol–water partition coefficient (Wildman–Crippen LogP) is 4.50. The zero-order valence-electron chi connectivity index (χ0n) is 12.4. The molecular formula is C18H20BrNO. The molecule has 3 heteroatoms. The first-order valence-corrected chi connectivity index (χ1v) is 8.03. The molecule has 0 bridgehead atoms. The topological polar surface area (TPSA) is 35.2 Å². The summed E-state index contributed by atoms with van der Waals surface area (Å²) in [5, 5.41) is 0. The molecule has 0 amide bonds. The van der Waals surface area contributed by atoms with Crippen molar-refractivity contribution in [2.75, 3.05) is 7.11 Å². The van der Waals surface area contributed by atoms with Crippen molar-refractivity contribution >= 4 is 15.9 Å². The summed E-state index contributed by atoms with van der Waals surface area (Å²) in [6.07, 6.45) is 2.26. The molecule has 21 heavy (non-hydrogen) atoms. The van der Waals surface area contributed by atoms with Crippen LogP contribution in [0.5, 0.6) is 5.75 Å². The summed E-state index contributed by atoms with van der Waals surface area (Å²) < 4.78 is 6.64. The maximum absolute atomic E-state index is 6.66. The van der Waals surface area contributed by atoms with Crippen LogP contribution in [-0.2, 0) is 5.41 Å². The average molecular weight is 346 g/mol. The van der Waals surface area contributed by atoms with Crippen LogP contribution in [0.2, 0.25) is 0 Å². The number of aryl methyl sites for hydroxylation is 1. The van der Waals surface area contributed by atoms with Crippen LogP contribution in [0.4, 0.5) is 0 Å². The van der Waals surface area contributed by atoms with Gasteiger partial charge in [-0.05, 0) is 43.0 Å². The fourth-order valence-electron chi connectivity index (χ4n) is 3.07. The Morgan fingerprint density at radius 2 is 1.86 bits per heavy atom. The summed E-state index contributed by atoms with van der Waals surface area (Å²) >= 11 is 3.61. The van der Waals surface area contributed by atoms with E-state index in [4.69, 9.17) is 10.5 Å². The monoisotopic (exact) mass is 345 g/mol. The van der Waals surface area contributed by atoms with Gasteiger partial charge in [-0.15, -0.1) is 0 Å². The quantitative estimate of drug-likeness (QED) is 0.885. The molecule has 0 spiro atoms. The van der Waals surface area contributed by atoms with Gasteiger partial charge in [-0.25, -0.2) is 0 Å². The van der Waals surface area contributed by atoms with Crippen molar-refractivity contribution in [1.29, 1.82) is 0 Å². The summed E-state index contributed by atoms with van der Waals surface area (Å²) in [4.78, 5) is 0. The van der Waals surface area contributed by atoms with Gasteiger partial charge in [-0.1, -0.05) is 46.3 Å². The van der Waals surface area contributed by atoms with E-state index in [1.54, 1.807) is 7.11 Å². The van der Waals surface area contributed by atoms with Crippen molar-refractivity contribution in [2.24, 2.45) is 5.73 Å². The molecule has 0 radical (unpaired) electrons. The number of benzene rings is 2. The molecule has 2 nitrogen and oxygen atoms in total. The Morgan fingerprint density at radius 3 is 2.43 bits per heavy atom. The van der Waals surface area contributed by atoms with Gasteiger partial charge in [-0.3, -0.25) is 0 Å². The molecule has 0 aliphatic heterocycles. The number of methoxy groups -OCH3 is 1. The molecule has 1 saturated carbocycles. The van der Waals surface area contributed by atoms with Crippen molar-refractivity contribution in [3.05, 3.63) is 63.6 Å². The third kappa shape index (κ3) is 2.49. The zero-order chi connectivity index (χ0) is 15.0. The number of nitrogens with two attached hydrogens (primary N) is 1. The van der Waals surface area contributed by atoms with E-state index in [0.717, 1.165) is 34.2 Å². The summed E-state index contributed by atoms with van der Waals surface area (Å²) in [5.74, 6) is 0.880. The second-order valence-corrected chi connectivity index (χ2v) is 6.70. The van der Waals surface area contributed by atoms with Crippen LogP contribution in [0, 0.1) is 6.92 Å². The van der Waals surface area contributed by atoms with E-state index in [-0.39, 0.29) is 11.5 Å². The molecule has 0 aromatic heterocycles. The predicted molar refractivity (Wildman–Crippen MR) is 89.7 cm³/mol. The van der Waals surface area contributed by atoms with Crippen LogP contribution < -0.4 is 10.5 Å². The minimum Gasteiger partial charge on any atom is -0.496 e. The smallest absolute Gasteiger partial charge is 0.124 e. The van der Waals surface area contributed by atoms with E-state index in [2.05, 4.69) is 59.3 Å². The van der Waals surface area contributed by atoms with Crippen molar-refractivity contribution in [3.63, 3.8) is 0 Å². The zero-order valence-corrected chi connectivity index (χ0v) is 14.0. The van der Waals surface area contributed by atoms with Crippen LogP contribution in [0.3, 0.4) is 0 Å². The third-order valence-electron chi connectivity index (χ3n) is 4.58. The Morgan fingerprint density at radius 1 is 1.19 bits per heavy atom. The van der Waals surface area contributed by atoms with Crippen LogP contribution in [0.25, 0.3) is 0 Å². The lowest BCUT2D eigenvalue weighted by Crippen LogP contribution is -2.27. The van der Waals surface area contributed by atoms with Crippen LogP contribution in [0.1, 0.15) is 35.6 Å². The normalized spacial score (nSPS) is 17.3. The van der Waals surface area contributed by atoms with Gasteiger partial charge < -0.3 is 10.5 Å². The van der Waals surface area contributed by atoms with E-state index in [1.807, 2.05) is 6.07 Å². The Labute approximate surface area is 134 Å². The largest absolute Gasteiger partial charge is 0.496 e. The van der Waals surface area contributed by atoms with E-state index in [9.17, 15) is 0 Å². The molecule has 2 N–H and O–H groups in total. The number of halogens is 1. The van der Waals surface area contributed by atoms with Gasteiger partial charge >= 0.3 is 0 Å². The van der Waals surface area contributed by atoms with Gasteiger partial charge in [0.15, 0.2) is 0 Å². The van der Waals surface area contributed by atoms with E-state index in [1.165, 1.54) is 5.56 Å². The first kappa shape index (κ1) is 14.6. The highest BCUT2D eigenvalue weighted by Crippen LogP contribution is 2.56. The molecule has 1 aliphatic carbocycles. The summed E-state index contributed by atoms with van der Waals surface area (Å²) in [5.41, 5.74) is 10.3. The van der Waals surface area contributed by atoms with Crippen molar-refractivity contribution in [2.45, 2.75) is 31.2 Å². The number of hydrogen-bond acceptors (Lipinski definition) is 2. The van der Waals surface area contributed by atoms with Crippen molar-refractivity contribution in [3.8, 4) is 5.75 Å². The van der Waals surface area contributed by atoms with Gasteiger partial charge in [0.1, 0.15) is 5.75 Å². The van der Waals surface area contributed by atoms with E-state index >= 15 is 0 Å². The second-order valence-electron chi connectivity index (χ2n) is 5.84. The molecule has 3 rings (SSSR count). The molecule has 110 valence electrons. The molecular weight excluding hydrogens is 326 g/mol. The Hall–Kier alpha value is -1.32. The summed E-state index contributed by atoms with van der Waals surface area (Å²) in [7, 11) is 1.71. The molecule has 1 unspecified atom stereocenters.